The van der Waals surface area contributed by atoms with Crippen molar-refractivity contribution in [1.29, 1.82) is 0 Å². The molecule has 0 aliphatic carbocycles. The third-order valence-corrected chi connectivity index (χ3v) is 7.77. The van der Waals surface area contributed by atoms with E-state index in [0.717, 1.165) is 40.0 Å². The Balaban J connectivity index is 1.31. The normalized spacial score (nSPS) is 20.5. The molecule has 0 aromatic heterocycles. The van der Waals surface area contributed by atoms with Crippen molar-refractivity contribution in [3.8, 4) is 23.0 Å². The van der Waals surface area contributed by atoms with E-state index in [0.29, 0.717) is 6.61 Å². The number of hydrogen-bond acceptors (Lipinski definition) is 6. The van der Waals surface area contributed by atoms with Crippen molar-refractivity contribution in [3.05, 3.63) is 77.9 Å². The van der Waals surface area contributed by atoms with Crippen LogP contribution in [0.2, 0.25) is 0 Å². The van der Waals surface area contributed by atoms with Crippen LogP contribution in [0, 0.1) is 5.92 Å². The van der Waals surface area contributed by atoms with Gasteiger partial charge in [-0.2, -0.15) is 0 Å². The minimum Gasteiger partial charge on any atom is -0.508 e. The molecule has 2 aliphatic rings. The summed E-state index contributed by atoms with van der Waals surface area (Å²) in [6, 6.07) is 20.6. The lowest BCUT2D eigenvalue weighted by Gasteiger charge is -2.38. The number of rotatable bonds is 7. The molecule has 2 heterocycles. The molecule has 6 heteroatoms. The van der Waals surface area contributed by atoms with Crippen LogP contribution in [0.3, 0.4) is 0 Å². The molecule has 0 radical (unpaired) electrons. The van der Waals surface area contributed by atoms with Crippen LogP contribution in [0.25, 0.3) is 0 Å². The zero-order chi connectivity index (χ0) is 22.8. The zero-order valence-electron chi connectivity index (χ0n) is 18.7. The van der Waals surface area contributed by atoms with Gasteiger partial charge in [0.25, 0.3) is 0 Å². The fraction of sp³-hybridized carbons (Fsp3) is 0.333. The third-order valence-electron chi connectivity index (χ3n) is 6.43. The van der Waals surface area contributed by atoms with Gasteiger partial charge >= 0.3 is 0 Å². The summed E-state index contributed by atoms with van der Waals surface area (Å²) in [5.41, 5.74) is 2.11. The van der Waals surface area contributed by atoms with Gasteiger partial charge in [-0.1, -0.05) is 37.6 Å². The Morgan fingerprint density at radius 1 is 0.939 bits per heavy atom. The number of hydrogen-bond donors (Lipinski definition) is 2. The molecule has 0 unspecified atom stereocenters. The zero-order valence-corrected chi connectivity index (χ0v) is 19.5. The fourth-order valence-corrected chi connectivity index (χ4v) is 5.72. The van der Waals surface area contributed by atoms with Crippen LogP contribution in [0.5, 0.6) is 23.0 Å². The highest BCUT2D eigenvalue weighted by molar-refractivity contribution is 7.99. The summed E-state index contributed by atoms with van der Waals surface area (Å²) < 4.78 is 12.4. The molecule has 0 saturated carbocycles. The molecule has 33 heavy (non-hydrogen) atoms. The van der Waals surface area contributed by atoms with E-state index in [2.05, 4.69) is 24.0 Å². The van der Waals surface area contributed by atoms with E-state index in [9.17, 15) is 10.2 Å². The van der Waals surface area contributed by atoms with Crippen LogP contribution in [-0.2, 0) is 0 Å². The highest BCUT2D eigenvalue weighted by Crippen LogP contribution is 2.54. The number of nitrogens with zero attached hydrogens (tertiary/aromatic N) is 1. The first-order valence-corrected chi connectivity index (χ1v) is 12.4. The molecule has 172 valence electrons. The number of fused-ring (bicyclic) bond motifs is 1. The van der Waals surface area contributed by atoms with Crippen molar-refractivity contribution in [2.24, 2.45) is 5.92 Å². The monoisotopic (exact) mass is 463 g/mol. The first-order chi connectivity index (χ1) is 16.1. The smallest absolute Gasteiger partial charge is 0.140 e. The predicted molar refractivity (Wildman–Crippen MR) is 130 cm³/mol. The maximum atomic E-state index is 9.93. The fourth-order valence-electron chi connectivity index (χ4n) is 4.40. The van der Waals surface area contributed by atoms with Gasteiger partial charge in [0.1, 0.15) is 35.7 Å². The van der Waals surface area contributed by atoms with Crippen molar-refractivity contribution in [3.63, 3.8) is 0 Å². The molecule has 5 rings (SSSR count). The van der Waals surface area contributed by atoms with Gasteiger partial charge in [-0.25, -0.2) is 0 Å². The minimum atomic E-state index is -0.210. The first-order valence-electron chi connectivity index (χ1n) is 11.5. The van der Waals surface area contributed by atoms with Crippen LogP contribution < -0.4 is 9.47 Å². The van der Waals surface area contributed by atoms with Crippen molar-refractivity contribution >= 4 is 11.8 Å². The van der Waals surface area contributed by atoms with Gasteiger partial charge in [-0.05, 0) is 59.5 Å². The van der Waals surface area contributed by atoms with E-state index in [4.69, 9.17) is 9.47 Å². The lowest BCUT2D eigenvalue weighted by molar-refractivity contribution is 0.0806. The summed E-state index contributed by atoms with van der Waals surface area (Å²) in [6.45, 7) is 6.29. The molecule has 5 nitrogen and oxygen atoms in total. The Hall–Kier alpha value is -2.83. The summed E-state index contributed by atoms with van der Waals surface area (Å²) >= 11 is 1.66. The van der Waals surface area contributed by atoms with Gasteiger partial charge in [0, 0.05) is 19.6 Å². The Morgan fingerprint density at radius 2 is 1.64 bits per heavy atom. The van der Waals surface area contributed by atoms with Gasteiger partial charge in [-0.15, -0.1) is 11.8 Å². The van der Waals surface area contributed by atoms with E-state index in [-0.39, 0.29) is 22.9 Å². The molecule has 0 bridgehead atoms. The molecule has 3 aromatic carbocycles. The lowest BCUT2D eigenvalue weighted by Crippen LogP contribution is -2.47. The van der Waals surface area contributed by atoms with Crippen molar-refractivity contribution in [2.75, 3.05) is 26.2 Å². The standard InChI is InChI=1S/C27H29NO4S/c1-2-18-16-28(17-18)13-14-31-23-10-5-19(6-11-23)26-27(20-3-7-21(29)8-4-20)33-25-15-22(30)9-12-24(25)32-26/h3-12,15,18,26-27,29-30H,2,13-14,16-17H2,1H3/t26-,27+/m0/s1. The largest absolute Gasteiger partial charge is 0.508 e. The van der Waals surface area contributed by atoms with E-state index in [1.54, 1.807) is 36.0 Å². The summed E-state index contributed by atoms with van der Waals surface area (Å²) in [6.07, 6.45) is 1.05. The number of ether oxygens (including phenoxy) is 2. The van der Waals surface area contributed by atoms with Gasteiger partial charge in [0.05, 0.1) is 10.1 Å². The average Bonchev–Trinajstić information content (AvgIpc) is 2.80. The Bertz CT molecular complexity index is 1080. The molecule has 0 spiro atoms. The number of likely N-dealkylation sites (tertiary alicyclic amines) is 1. The highest BCUT2D eigenvalue weighted by atomic mass is 32.2. The van der Waals surface area contributed by atoms with E-state index >= 15 is 0 Å². The second-order valence-corrected chi connectivity index (χ2v) is 9.93. The second-order valence-electron chi connectivity index (χ2n) is 8.75. The van der Waals surface area contributed by atoms with Gasteiger partial charge in [0.2, 0.25) is 0 Å². The van der Waals surface area contributed by atoms with Crippen molar-refractivity contribution < 1.29 is 19.7 Å². The maximum absolute atomic E-state index is 9.93. The summed E-state index contributed by atoms with van der Waals surface area (Å²) in [5, 5.41) is 19.6. The molecule has 2 aliphatic heterocycles. The van der Waals surface area contributed by atoms with E-state index in [1.807, 2.05) is 30.3 Å². The molecule has 1 saturated heterocycles. The van der Waals surface area contributed by atoms with Crippen LogP contribution in [0.15, 0.2) is 71.6 Å². The van der Waals surface area contributed by atoms with Gasteiger partial charge < -0.3 is 19.7 Å². The summed E-state index contributed by atoms with van der Waals surface area (Å²) in [5.74, 6) is 2.94. The third kappa shape index (κ3) is 4.92. The molecule has 0 amide bonds. The summed E-state index contributed by atoms with van der Waals surface area (Å²) in [4.78, 5) is 3.34. The molecular formula is C27H29NO4S. The maximum Gasteiger partial charge on any atom is 0.140 e. The van der Waals surface area contributed by atoms with Gasteiger partial charge in [0.15, 0.2) is 0 Å². The SMILES string of the molecule is CCC1CN(CCOc2ccc([C@@H]3Oc4ccc(O)cc4S[C@@H]3c3ccc(O)cc3)cc2)C1. The molecule has 3 aromatic rings. The quantitative estimate of drug-likeness (QED) is 0.463. The molecular weight excluding hydrogens is 434 g/mol. The topological polar surface area (TPSA) is 62.2 Å². The number of phenols is 2. The Labute approximate surface area is 199 Å². The van der Waals surface area contributed by atoms with Crippen molar-refractivity contribution in [1.82, 2.24) is 4.90 Å². The number of benzene rings is 3. The van der Waals surface area contributed by atoms with Crippen LogP contribution in [0.1, 0.15) is 35.8 Å². The van der Waals surface area contributed by atoms with Gasteiger partial charge in [-0.3, -0.25) is 4.90 Å². The Morgan fingerprint density at radius 3 is 2.36 bits per heavy atom. The highest BCUT2D eigenvalue weighted by Gasteiger charge is 2.33. The Kier molecular flexibility index (Phi) is 6.38. The minimum absolute atomic E-state index is 0.0235. The van der Waals surface area contributed by atoms with Crippen LogP contribution in [0.4, 0.5) is 0 Å². The lowest BCUT2D eigenvalue weighted by atomic mass is 9.98. The van der Waals surface area contributed by atoms with Crippen LogP contribution in [-0.4, -0.2) is 41.4 Å². The summed E-state index contributed by atoms with van der Waals surface area (Å²) in [7, 11) is 0. The van der Waals surface area contributed by atoms with E-state index < -0.39 is 0 Å². The number of aromatic hydroxyl groups is 2. The number of thioether (sulfide) groups is 1. The van der Waals surface area contributed by atoms with Crippen molar-refractivity contribution in [2.45, 2.75) is 29.6 Å². The molecule has 1 fully saturated rings. The molecule has 2 N–H and O–H groups in total. The predicted octanol–water partition coefficient (Wildman–Crippen LogP) is 5.79. The average molecular weight is 464 g/mol. The first kappa shape index (κ1) is 22.0. The van der Waals surface area contributed by atoms with Crippen LogP contribution >= 0.6 is 11.8 Å². The van der Waals surface area contributed by atoms with E-state index in [1.165, 1.54) is 19.5 Å². The molecule has 2 atom stereocenters. The number of phenolic OH excluding ortho intramolecular Hbond substituents is 2. The second kappa shape index (κ2) is 9.57.